The van der Waals surface area contributed by atoms with Crippen LogP contribution in [0, 0.1) is 5.92 Å². The largest absolute Gasteiger partial charge is 0.463 e. The van der Waals surface area contributed by atoms with E-state index in [4.69, 9.17) is 9.47 Å². The minimum absolute atomic E-state index is 0.142. The molecule has 0 saturated carbocycles. The summed E-state index contributed by atoms with van der Waals surface area (Å²) in [4.78, 5) is 25.2. The van der Waals surface area contributed by atoms with Gasteiger partial charge in [0.1, 0.15) is 6.61 Å². The molecule has 0 fully saturated rings. The molecule has 106 valence electrons. The lowest BCUT2D eigenvalue weighted by Crippen LogP contribution is -2.39. The summed E-state index contributed by atoms with van der Waals surface area (Å²) in [5.41, 5.74) is 0.510. The third-order valence-electron chi connectivity index (χ3n) is 2.85. The van der Waals surface area contributed by atoms with Crippen molar-refractivity contribution in [3.63, 3.8) is 0 Å². The number of hydrogen-bond donors (Lipinski definition) is 0. The van der Waals surface area contributed by atoms with Gasteiger partial charge < -0.3 is 9.47 Å². The lowest BCUT2D eigenvalue weighted by atomic mass is 10.0. The van der Waals surface area contributed by atoms with Crippen molar-refractivity contribution in [2.24, 2.45) is 5.92 Å². The van der Waals surface area contributed by atoms with E-state index in [1.807, 2.05) is 13.8 Å². The fourth-order valence-electron chi connectivity index (χ4n) is 1.95. The zero-order chi connectivity index (χ0) is 14.4. The number of rotatable bonds is 5. The van der Waals surface area contributed by atoms with Crippen LogP contribution in [0.15, 0.2) is 24.3 Å². The van der Waals surface area contributed by atoms with Crippen molar-refractivity contribution in [2.75, 3.05) is 19.8 Å². The summed E-state index contributed by atoms with van der Waals surface area (Å²) in [6.07, 6.45) is 2.87. The molecule has 0 saturated heterocycles. The Hall–Kier alpha value is -1.78. The van der Waals surface area contributed by atoms with Crippen LogP contribution in [-0.4, -0.2) is 42.8 Å². The number of amides is 1. The van der Waals surface area contributed by atoms with Crippen molar-refractivity contribution in [2.45, 2.75) is 26.8 Å². The summed E-state index contributed by atoms with van der Waals surface area (Å²) in [5.74, 6) is -0.171. The number of carbonyl (C=O) groups excluding carboxylic acids is 2. The van der Waals surface area contributed by atoms with Gasteiger partial charge >= 0.3 is 12.1 Å². The van der Waals surface area contributed by atoms with E-state index >= 15 is 0 Å². The van der Waals surface area contributed by atoms with Crippen molar-refractivity contribution in [1.82, 2.24) is 4.90 Å². The van der Waals surface area contributed by atoms with Crippen molar-refractivity contribution < 1.29 is 19.1 Å². The summed E-state index contributed by atoms with van der Waals surface area (Å²) in [6, 6.07) is -0.142. The molecule has 0 aliphatic carbocycles. The number of nitrogens with zero attached hydrogens (tertiary/aromatic N) is 1. The van der Waals surface area contributed by atoms with E-state index in [-0.39, 0.29) is 31.1 Å². The fraction of sp³-hybridized carbons (Fsp3) is 0.571. The second kappa shape index (κ2) is 6.97. The number of carbonyl (C=O) groups is 2. The third-order valence-corrected chi connectivity index (χ3v) is 2.85. The van der Waals surface area contributed by atoms with Crippen LogP contribution in [0.2, 0.25) is 0 Å². The second-order valence-corrected chi connectivity index (χ2v) is 4.64. The predicted octanol–water partition coefficient (Wildman–Crippen LogP) is 2.14. The van der Waals surface area contributed by atoms with Gasteiger partial charge in [0.2, 0.25) is 0 Å². The molecule has 0 N–H and O–H groups in total. The minimum Gasteiger partial charge on any atom is -0.463 e. The fourth-order valence-corrected chi connectivity index (χ4v) is 1.95. The zero-order valence-corrected chi connectivity index (χ0v) is 11.7. The molecule has 0 unspecified atom stereocenters. The SMILES string of the molecule is C=CCOC(=O)N1CC(C(=O)OCC)=C[C@@H]1C(C)C. The summed E-state index contributed by atoms with van der Waals surface area (Å²) in [6.45, 7) is 9.95. The first-order valence-electron chi connectivity index (χ1n) is 6.43. The molecule has 0 aromatic heterocycles. The Kier molecular flexibility index (Phi) is 5.60. The van der Waals surface area contributed by atoms with E-state index in [0.29, 0.717) is 12.2 Å². The quantitative estimate of drug-likeness (QED) is 0.565. The summed E-state index contributed by atoms with van der Waals surface area (Å²) >= 11 is 0. The van der Waals surface area contributed by atoms with Gasteiger partial charge in [-0.05, 0) is 18.9 Å². The Morgan fingerprint density at radius 2 is 2.21 bits per heavy atom. The minimum atomic E-state index is -0.436. The third kappa shape index (κ3) is 3.84. The van der Waals surface area contributed by atoms with Crippen LogP contribution in [0.25, 0.3) is 0 Å². The molecule has 1 heterocycles. The van der Waals surface area contributed by atoms with Crippen LogP contribution in [0.3, 0.4) is 0 Å². The van der Waals surface area contributed by atoms with Crippen LogP contribution in [0.1, 0.15) is 20.8 Å². The molecule has 0 spiro atoms. The molecule has 5 heteroatoms. The normalized spacial score (nSPS) is 18.2. The summed E-state index contributed by atoms with van der Waals surface area (Å²) in [7, 11) is 0. The van der Waals surface area contributed by atoms with Crippen molar-refractivity contribution >= 4 is 12.1 Å². The highest BCUT2D eigenvalue weighted by Gasteiger charge is 2.34. The van der Waals surface area contributed by atoms with Gasteiger partial charge in [-0.25, -0.2) is 9.59 Å². The summed E-state index contributed by atoms with van der Waals surface area (Å²) < 4.78 is 9.99. The lowest BCUT2D eigenvalue weighted by molar-refractivity contribution is -0.138. The molecular formula is C14H21NO4. The number of hydrogen-bond acceptors (Lipinski definition) is 4. The van der Waals surface area contributed by atoms with Crippen molar-refractivity contribution in [1.29, 1.82) is 0 Å². The van der Waals surface area contributed by atoms with Gasteiger partial charge in [0.25, 0.3) is 0 Å². The average Bonchev–Trinajstić information content (AvgIpc) is 2.81. The van der Waals surface area contributed by atoms with Crippen LogP contribution >= 0.6 is 0 Å². The van der Waals surface area contributed by atoms with E-state index in [0.717, 1.165) is 0 Å². The maximum absolute atomic E-state index is 11.9. The Bertz CT molecular complexity index is 387. The van der Waals surface area contributed by atoms with Gasteiger partial charge in [-0.2, -0.15) is 0 Å². The number of ether oxygens (including phenoxy) is 2. The van der Waals surface area contributed by atoms with E-state index in [1.165, 1.54) is 6.08 Å². The zero-order valence-electron chi connectivity index (χ0n) is 11.7. The lowest BCUT2D eigenvalue weighted by Gasteiger charge is -2.26. The van der Waals surface area contributed by atoms with Crippen molar-refractivity contribution in [3.05, 3.63) is 24.3 Å². The first-order valence-corrected chi connectivity index (χ1v) is 6.43. The molecular weight excluding hydrogens is 246 g/mol. The van der Waals surface area contributed by atoms with Gasteiger partial charge in [0, 0.05) is 0 Å². The Labute approximate surface area is 113 Å². The molecule has 19 heavy (non-hydrogen) atoms. The smallest absolute Gasteiger partial charge is 0.410 e. The monoisotopic (exact) mass is 267 g/mol. The van der Waals surface area contributed by atoms with Gasteiger partial charge in [0.15, 0.2) is 0 Å². The predicted molar refractivity (Wildman–Crippen MR) is 71.6 cm³/mol. The van der Waals surface area contributed by atoms with Crippen LogP contribution < -0.4 is 0 Å². The maximum atomic E-state index is 11.9. The first kappa shape index (κ1) is 15.3. The molecule has 1 aliphatic heterocycles. The summed E-state index contributed by atoms with van der Waals surface area (Å²) in [5, 5.41) is 0. The molecule has 0 radical (unpaired) electrons. The van der Waals surface area contributed by atoms with E-state index in [2.05, 4.69) is 6.58 Å². The highest BCUT2D eigenvalue weighted by molar-refractivity contribution is 5.91. The molecule has 0 aromatic carbocycles. The Balaban J connectivity index is 2.77. The second-order valence-electron chi connectivity index (χ2n) is 4.64. The van der Waals surface area contributed by atoms with Gasteiger partial charge in [-0.1, -0.05) is 26.5 Å². The standard InChI is InChI=1S/C14H21NO4/c1-5-7-19-14(17)15-9-11(13(16)18-6-2)8-12(15)10(3)4/h5,8,10,12H,1,6-7,9H2,2-4H3/t12-/m1/s1. The molecule has 1 aliphatic rings. The van der Waals surface area contributed by atoms with Crippen molar-refractivity contribution in [3.8, 4) is 0 Å². The molecule has 1 rings (SSSR count). The van der Waals surface area contributed by atoms with Crippen LogP contribution in [-0.2, 0) is 14.3 Å². The first-order chi connectivity index (χ1) is 9.01. The Morgan fingerprint density at radius 3 is 2.74 bits per heavy atom. The average molecular weight is 267 g/mol. The van der Waals surface area contributed by atoms with E-state index < -0.39 is 6.09 Å². The highest BCUT2D eigenvalue weighted by Crippen LogP contribution is 2.24. The van der Waals surface area contributed by atoms with Crippen LogP contribution in [0.4, 0.5) is 4.79 Å². The maximum Gasteiger partial charge on any atom is 0.410 e. The van der Waals surface area contributed by atoms with Gasteiger partial charge in [-0.3, -0.25) is 4.90 Å². The van der Waals surface area contributed by atoms with E-state index in [1.54, 1.807) is 17.9 Å². The molecule has 0 aromatic rings. The Morgan fingerprint density at radius 1 is 1.53 bits per heavy atom. The molecule has 5 nitrogen and oxygen atoms in total. The molecule has 1 atom stereocenters. The molecule has 1 amide bonds. The van der Waals surface area contributed by atoms with Gasteiger partial charge in [-0.15, -0.1) is 0 Å². The van der Waals surface area contributed by atoms with Gasteiger partial charge in [0.05, 0.1) is 24.8 Å². The topological polar surface area (TPSA) is 55.8 Å². The molecule has 0 bridgehead atoms. The van der Waals surface area contributed by atoms with Crippen LogP contribution in [0.5, 0.6) is 0 Å². The van der Waals surface area contributed by atoms with E-state index in [9.17, 15) is 9.59 Å². The number of esters is 1. The highest BCUT2D eigenvalue weighted by atomic mass is 16.6.